The SMILES string of the molecule is C[N+](C)(C)CCOP(=O)(O)O.[CaH2].[Cl-]. The molecule has 0 saturated heterocycles. The molecule has 2 N–H and O–H groups in total. The zero-order chi connectivity index (χ0) is 9.12. The average molecular weight is 262 g/mol. The van der Waals surface area contributed by atoms with E-state index in [9.17, 15) is 4.57 Å². The van der Waals surface area contributed by atoms with Crippen molar-refractivity contribution in [3.8, 4) is 0 Å². The van der Waals surface area contributed by atoms with E-state index in [1.165, 1.54) is 0 Å². The molecule has 0 atom stereocenters. The number of phosphoric ester groups is 1. The minimum atomic E-state index is -4.26. The second kappa shape index (κ2) is 7.85. The summed E-state index contributed by atoms with van der Waals surface area (Å²) in [5.74, 6) is 0. The fourth-order valence-electron chi connectivity index (χ4n) is 0.434. The molecule has 0 saturated carbocycles. The van der Waals surface area contributed by atoms with Crippen molar-refractivity contribution < 1.29 is 35.8 Å². The third-order valence-electron chi connectivity index (χ3n) is 1.02. The summed E-state index contributed by atoms with van der Waals surface area (Å²) in [6.45, 7) is 0.652. The van der Waals surface area contributed by atoms with Gasteiger partial charge in [0, 0.05) is 0 Å². The monoisotopic (exact) mass is 261 g/mol. The van der Waals surface area contributed by atoms with Crippen molar-refractivity contribution in [1.29, 1.82) is 0 Å². The molecule has 80 valence electrons. The maximum Gasteiger partial charge on any atom is -1.00 e. The van der Waals surface area contributed by atoms with Gasteiger partial charge < -0.3 is 26.7 Å². The van der Waals surface area contributed by atoms with Crippen molar-refractivity contribution in [1.82, 2.24) is 0 Å². The second-order valence-corrected chi connectivity index (χ2v) is 4.58. The molecule has 5 nitrogen and oxygen atoms in total. The van der Waals surface area contributed by atoms with Crippen molar-refractivity contribution in [3.63, 3.8) is 0 Å². The third-order valence-corrected chi connectivity index (χ3v) is 1.54. The largest absolute Gasteiger partial charge is 1.00 e. The van der Waals surface area contributed by atoms with Crippen LogP contribution in [-0.2, 0) is 9.09 Å². The summed E-state index contributed by atoms with van der Waals surface area (Å²) in [5, 5.41) is 0. The normalized spacial score (nSPS) is 11.5. The summed E-state index contributed by atoms with van der Waals surface area (Å²) in [6, 6.07) is 0. The molecule has 0 fully saturated rings. The molecular formula is C5H17CaClNO4P. The Bertz CT molecular complexity index is 168. The number of hydrogen-bond acceptors (Lipinski definition) is 2. The Morgan fingerprint density at radius 3 is 1.92 bits per heavy atom. The van der Waals surface area contributed by atoms with Crippen LogP contribution in [0, 0.1) is 0 Å². The van der Waals surface area contributed by atoms with E-state index in [-0.39, 0.29) is 56.8 Å². The fraction of sp³-hybridized carbons (Fsp3) is 1.00. The van der Waals surface area contributed by atoms with Crippen molar-refractivity contribution >= 4 is 45.6 Å². The molecule has 0 aliphatic carbocycles. The molecule has 0 aliphatic rings. The van der Waals surface area contributed by atoms with E-state index in [0.29, 0.717) is 11.0 Å². The molecule has 0 heterocycles. The standard InChI is InChI=1S/C5H14NO4P.Ca.ClH.2H/c1-6(2,3)4-5-10-11(7,8)9;;;;/h4-5H2,1-3H3,(H-,7,8,9);;1H;;. The van der Waals surface area contributed by atoms with Gasteiger partial charge in [0.05, 0.1) is 21.1 Å². The number of nitrogens with zero attached hydrogens (tertiary/aromatic N) is 1. The molecule has 0 aliphatic heterocycles. The Balaban J connectivity index is -0.000000500. The van der Waals surface area contributed by atoms with Crippen LogP contribution in [0.3, 0.4) is 0 Å². The summed E-state index contributed by atoms with van der Waals surface area (Å²) in [4.78, 5) is 16.6. The number of hydrogen-bond donors (Lipinski definition) is 2. The van der Waals surface area contributed by atoms with Crippen molar-refractivity contribution in [3.05, 3.63) is 0 Å². The van der Waals surface area contributed by atoms with E-state index in [2.05, 4.69) is 4.52 Å². The van der Waals surface area contributed by atoms with Gasteiger partial charge in [-0.2, -0.15) is 0 Å². The van der Waals surface area contributed by atoms with E-state index in [1.807, 2.05) is 21.1 Å². The smallest absolute Gasteiger partial charge is 1.00 e. The summed E-state index contributed by atoms with van der Waals surface area (Å²) < 4.78 is 15.1. The molecule has 0 aromatic heterocycles. The van der Waals surface area contributed by atoms with E-state index in [0.717, 1.165) is 0 Å². The van der Waals surface area contributed by atoms with Gasteiger partial charge in [-0.05, 0) is 0 Å². The van der Waals surface area contributed by atoms with Crippen LogP contribution in [0.5, 0.6) is 0 Å². The Hall–Kier alpha value is 1.62. The van der Waals surface area contributed by atoms with E-state index in [1.54, 1.807) is 0 Å². The van der Waals surface area contributed by atoms with Crippen LogP contribution in [0.15, 0.2) is 0 Å². The van der Waals surface area contributed by atoms with Gasteiger partial charge in [0.2, 0.25) is 0 Å². The summed E-state index contributed by atoms with van der Waals surface area (Å²) >= 11 is 0. The molecule has 0 amide bonds. The fourth-order valence-corrected chi connectivity index (χ4v) is 0.753. The Morgan fingerprint density at radius 1 is 1.31 bits per heavy atom. The predicted octanol–water partition coefficient (Wildman–Crippen LogP) is -4.11. The first-order valence-corrected chi connectivity index (χ1v) is 4.74. The third kappa shape index (κ3) is 19.9. The van der Waals surface area contributed by atoms with Gasteiger partial charge in [0.1, 0.15) is 13.2 Å². The topological polar surface area (TPSA) is 66.8 Å². The summed E-state index contributed by atoms with van der Waals surface area (Å²) in [7, 11) is 1.50. The Morgan fingerprint density at radius 2 is 1.69 bits per heavy atom. The molecule has 0 rings (SSSR count). The molecule has 0 spiro atoms. The van der Waals surface area contributed by atoms with Crippen LogP contribution in [0.25, 0.3) is 0 Å². The maximum absolute atomic E-state index is 10.2. The van der Waals surface area contributed by atoms with E-state index < -0.39 is 7.82 Å². The van der Waals surface area contributed by atoms with Gasteiger partial charge in [0.25, 0.3) is 0 Å². The predicted molar refractivity (Wildman–Crippen MR) is 49.4 cm³/mol. The minimum absolute atomic E-state index is 0. The van der Waals surface area contributed by atoms with Gasteiger partial charge in [-0.15, -0.1) is 0 Å². The minimum Gasteiger partial charge on any atom is -1.00 e. The van der Waals surface area contributed by atoms with Crippen LogP contribution in [0.4, 0.5) is 0 Å². The molecular weight excluding hydrogens is 245 g/mol. The van der Waals surface area contributed by atoms with Gasteiger partial charge in [-0.25, -0.2) is 4.57 Å². The molecule has 0 aromatic rings. The van der Waals surface area contributed by atoms with Crippen LogP contribution in [-0.4, -0.2) is 86.3 Å². The van der Waals surface area contributed by atoms with Gasteiger partial charge in [0.15, 0.2) is 0 Å². The summed E-state index contributed by atoms with van der Waals surface area (Å²) in [5.41, 5.74) is 0. The van der Waals surface area contributed by atoms with Gasteiger partial charge >= 0.3 is 45.6 Å². The molecule has 8 heteroatoms. The number of phosphoric acid groups is 1. The van der Waals surface area contributed by atoms with Crippen LogP contribution in [0.1, 0.15) is 0 Å². The van der Waals surface area contributed by atoms with Crippen LogP contribution < -0.4 is 12.4 Å². The molecule has 0 aromatic carbocycles. The van der Waals surface area contributed by atoms with Gasteiger partial charge in [-0.3, -0.25) is 4.52 Å². The zero-order valence-corrected chi connectivity index (χ0v) is 9.05. The van der Waals surface area contributed by atoms with Crippen molar-refractivity contribution in [2.45, 2.75) is 0 Å². The second-order valence-electron chi connectivity index (χ2n) is 3.34. The molecule has 0 unspecified atom stereocenters. The Labute approximate surface area is 115 Å². The first-order valence-electron chi connectivity index (χ1n) is 3.21. The van der Waals surface area contributed by atoms with Crippen LogP contribution >= 0.6 is 7.82 Å². The van der Waals surface area contributed by atoms with Gasteiger partial charge in [-0.1, -0.05) is 0 Å². The zero-order valence-electron chi connectivity index (χ0n) is 7.40. The molecule has 0 radical (unpaired) electrons. The molecule has 13 heavy (non-hydrogen) atoms. The number of halogens is 1. The summed E-state index contributed by atoms with van der Waals surface area (Å²) in [6.07, 6.45) is 0. The van der Waals surface area contributed by atoms with E-state index in [4.69, 9.17) is 9.79 Å². The first kappa shape index (κ1) is 20.1. The molecule has 0 bridgehead atoms. The van der Waals surface area contributed by atoms with Crippen LogP contribution in [0.2, 0.25) is 0 Å². The number of quaternary nitrogens is 1. The average Bonchev–Trinajstić information content (AvgIpc) is 1.55. The number of likely N-dealkylation sites (N-methyl/N-ethyl adjacent to an activating group) is 1. The van der Waals surface area contributed by atoms with E-state index >= 15 is 0 Å². The Kier molecular flexibility index (Phi) is 12.1. The first-order chi connectivity index (χ1) is 4.71. The number of rotatable bonds is 4. The van der Waals surface area contributed by atoms with Crippen molar-refractivity contribution in [2.24, 2.45) is 0 Å². The maximum atomic E-state index is 10.2. The van der Waals surface area contributed by atoms with Crippen molar-refractivity contribution in [2.75, 3.05) is 34.3 Å². The quantitative estimate of drug-likeness (QED) is 0.307.